The first kappa shape index (κ1) is 38.7. The molecule has 0 aliphatic carbocycles. The van der Waals surface area contributed by atoms with Crippen LogP contribution in [0.1, 0.15) is 5.56 Å². The van der Waals surface area contributed by atoms with Gasteiger partial charge in [0.2, 0.25) is 0 Å². The number of fused-ring (bicyclic) bond motifs is 6. The van der Waals surface area contributed by atoms with Crippen molar-refractivity contribution in [3.05, 3.63) is 230 Å². The molecule has 0 radical (unpaired) electrons. The Morgan fingerprint density at radius 3 is 1.23 bits per heavy atom. The van der Waals surface area contributed by atoms with Crippen LogP contribution in [-0.2, 0) is 0 Å². The minimum absolute atomic E-state index is 0.345. The van der Waals surface area contributed by atoms with Crippen molar-refractivity contribution in [3.8, 4) is 73.3 Å². The molecule has 4 aromatic heterocycles. The third-order valence-corrected chi connectivity index (χ3v) is 12.6. The molecule has 0 spiro atoms. The van der Waals surface area contributed by atoms with Gasteiger partial charge in [-0.15, -0.1) is 0 Å². The van der Waals surface area contributed by atoms with Crippen LogP contribution < -0.4 is 0 Å². The van der Waals surface area contributed by atoms with Crippen molar-refractivity contribution < 1.29 is 8.78 Å². The molecule has 7 heteroatoms. The zero-order chi connectivity index (χ0) is 44.3. The summed E-state index contributed by atoms with van der Waals surface area (Å²) in [6.07, 6.45) is 3.65. The molecule has 66 heavy (non-hydrogen) atoms. The molecule has 0 fully saturated rings. The Labute approximate surface area is 378 Å². The molecule has 0 atom stereocenters. The first-order valence-electron chi connectivity index (χ1n) is 21.6. The van der Waals surface area contributed by atoms with Crippen molar-refractivity contribution in [3.63, 3.8) is 0 Å². The summed E-state index contributed by atoms with van der Waals surface area (Å²) in [5, 5.41) is 15.6. The summed E-state index contributed by atoms with van der Waals surface area (Å²) in [6.45, 7) is 0. The number of pyridine rings is 2. The lowest BCUT2D eigenvalue weighted by Crippen LogP contribution is -2.05. The number of rotatable bonds is 7. The van der Waals surface area contributed by atoms with E-state index in [0.717, 1.165) is 94.4 Å². The zero-order valence-electron chi connectivity index (χ0n) is 35.2. The topological polar surface area (TPSA) is 59.4 Å². The first-order chi connectivity index (χ1) is 32.5. The van der Waals surface area contributed by atoms with Gasteiger partial charge in [-0.05, 0) is 106 Å². The number of nitriles is 1. The van der Waals surface area contributed by atoms with Crippen LogP contribution in [0, 0.1) is 23.0 Å². The van der Waals surface area contributed by atoms with E-state index in [2.05, 4.69) is 98.0 Å². The van der Waals surface area contributed by atoms with Crippen molar-refractivity contribution in [1.82, 2.24) is 19.1 Å². The lowest BCUT2D eigenvalue weighted by molar-refractivity contribution is 0.584. The van der Waals surface area contributed by atoms with E-state index in [4.69, 9.17) is 0 Å². The average molecular weight is 852 g/mol. The third kappa shape index (κ3) is 6.51. The molecular weight excluding hydrogens is 817 g/mol. The Hall–Kier alpha value is -8.99. The molecule has 0 aliphatic heterocycles. The summed E-state index contributed by atoms with van der Waals surface area (Å²) in [5.41, 5.74) is 13.6. The molecule has 310 valence electrons. The standard InChI is InChI=1S/C59H35F2N5/c60-45-27-43(28-46(61)35-45)44-33-58(65-54-17-9-7-15-47(54)49-21-19-39(31-56(49)65)41-23-25-63-52(29-41)37-11-3-1-4-12-37)51(36-62)59(34-44)66-55-18-10-8-16-48(55)50-22-20-40(32-57(50)66)42-24-26-64-53(30-42)38-13-5-2-6-14-38/h1-35H. The van der Waals surface area contributed by atoms with Gasteiger partial charge < -0.3 is 9.13 Å². The molecule has 4 heterocycles. The number of hydrogen-bond donors (Lipinski definition) is 0. The second-order valence-corrected chi connectivity index (χ2v) is 16.4. The fourth-order valence-corrected chi connectivity index (χ4v) is 9.54. The van der Waals surface area contributed by atoms with Crippen molar-refractivity contribution >= 4 is 43.6 Å². The highest BCUT2D eigenvalue weighted by molar-refractivity contribution is 6.12. The van der Waals surface area contributed by atoms with Gasteiger partial charge in [-0.1, -0.05) is 121 Å². The van der Waals surface area contributed by atoms with E-state index in [1.807, 2.05) is 122 Å². The monoisotopic (exact) mass is 851 g/mol. The fraction of sp³-hybridized carbons (Fsp3) is 0. The van der Waals surface area contributed by atoms with Gasteiger partial charge in [0.15, 0.2) is 0 Å². The summed E-state index contributed by atoms with van der Waals surface area (Å²) in [4.78, 5) is 9.37. The summed E-state index contributed by atoms with van der Waals surface area (Å²) in [7, 11) is 0. The fourth-order valence-electron chi connectivity index (χ4n) is 9.54. The van der Waals surface area contributed by atoms with Crippen molar-refractivity contribution in [2.45, 2.75) is 0 Å². The number of nitrogens with zero attached hydrogens (tertiary/aromatic N) is 5. The molecule has 0 amide bonds. The van der Waals surface area contributed by atoms with Crippen LogP contribution in [0.5, 0.6) is 0 Å². The highest BCUT2D eigenvalue weighted by Gasteiger charge is 2.24. The number of hydrogen-bond acceptors (Lipinski definition) is 3. The second-order valence-electron chi connectivity index (χ2n) is 16.4. The Morgan fingerprint density at radius 1 is 0.348 bits per heavy atom. The van der Waals surface area contributed by atoms with Gasteiger partial charge in [-0.3, -0.25) is 9.97 Å². The molecule has 8 aromatic carbocycles. The predicted octanol–water partition coefficient (Wildman–Crippen LogP) is 15.2. The minimum atomic E-state index is -0.695. The van der Waals surface area contributed by atoms with E-state index in [-0.39, 0.29) is 0 Å². The Kier molecular flexibility index (Phi) is 9.18. The SMILES string of the molecule is N#Cc1c(-n2c3ccccc3c3ccc(-c4ccnc(-c5ccccc5)c4)cc32)cc(-c2cc(F)cc(F)c2)cc1-n1c2ccccc2c2ccc(-c3ccnc(-c4ccccc4)c3)cc21. The first-order valence-corrected chi connectivity index (χ1v) is 21.6. The van der Waals surface area contributed by atoms with Gasteiger partial charge in [0.25, 0.3) is 0 Å². The second kappa shape index (κ2) is 15.7. The number of para-hydroxylation sites is 2. The van der Waals surface area contributed by atoms with Crippen molar-refractivity contribution in [2.75, 3.05) is 0 Å². The van der Waals surface area contributed by atoms with Crippen LogP contribution in [0.4, 0.5) is 8.78 Å². The molecule has 0 unspecified atom stereocenters. The number of aromatic nitrogens is 4. The predicted molar refractivity (Wildman–Crippen MR) is 263 cm³/mol. The molecular formula is C59H35F2N5. The highest BCUT2D eigenvalue weighted by atomic mass is 19.1. The summed E-state index contributed by atoms with van der Waals surface area (Å²) >= 11 is 0. The van der Waals surface area contributed by atoms with E-state index < -0.39 is 11.6 Å². The lowest BCUT2D eigenvalue weighted by Gasteiger charge is -2.19. The van der Waals surface area contributed by atoms with Crippen LogP contribution >= 0.6 is 0 Å². The highest BCUT2D eigenvalue weighted by Crippen LogP contribution is 2.42. The molecule has 0 saturated heterocycles. The van der Waals surface area contributed by atoms with Crippen LogP contribution in [0.15, 0.2) is 213 Å². The Bertz CT molecular complexity index is 3680. The molecule has 0 N–H and O–H groups in total. The average Bonchev–Trinajstić information content (AvgIpc) is 3.88. The summed E-state index contributed by atoms with van der Waals surface area (Å²) in [6, 6.07) is 67.4. The number of benzene rings is 8. The Balaban J connectivity index is 1.14. The quantitative estimate of drug-likeness (QED) is 0.160. The largest absolute Gasteiger partial charge is 0.308 e. The van der Waals surface area contributed by atoms with Crippen LogP contribution in [-0.4, -0.2) is 19.1 Å². The molecule has 0 aliphatic rings. The van der Waals surface area contributed by atoms with Crippen LogP contribution in [0.2, 0.25) is 0 Å². The maximum atomic E-state index is 15.2. The third-order valence-electron chi connectivity index (χ3n) is 12.6. The minimum Gasteiger partial charge on any atom is -0.308 e. The van der Waals surface area contributed by atoms with Crippen molar-refractivity contribution in [1.29, 1.82) is 5.26 Å². The summed E-state index contributed by atoms with van der Waals surface area (Å²) in [5.74, 6) is -1.39. The molecule has 5 nitrogen and oxygen atoms in total. The lowest BCUT2D eigenvalue weighted by atomic mass is 9.99. The van der Waals surface area contributed by atoms with E-state index in [9.17, 15) is 5.26 Å². The Morgan fingerprint density at radius 2 is 0.758 bits per heavy atom. The van der Waals surface area contributed by atoms with E-state index >= 15 is 8.78 Å². The molecule has 0 saturated carbocycles. The van der Waals surface area contributed by atoms with Gasteiger partial charge in [0.1, 0.15) is 23.3 Å². The number of halogens is 2. The molecule has 0 bridgehead atoms. The van der Waals surface area contributed by atoms with Gasteiger partial charge >= 0.3 is 0 Å². The van der Waals surface area contributed by atoms with Gasteiger partial charge in [0, 0.05) is 51.1 Å². The van der Waals surface area contributed by atoms with Gasteiger partial charge in [0.05, 0.1) is 44.8 Å². The molecule has 12 rings (SSSR count). The smallest absolute Gasteiger partial charge is 0.126 e. The van der Waals surface area contributed by atoms with Gasteiger partial charge in [-0.2, -0.15) is 5.26 Å². The van der Waals surface area contributed by atoms with E-state index in [0.29, 0.717) is 28.1 Å². The zero-order valence-corrected chi connectivity index (χ0v) is 35.2. The molecule has 12 aromatic rings. The van der Waals surface area contributed by atoms with E-state index in [1.165, 1.54) is 12.1 Å². The maximum Gasteiger partial charge on any atom is 0.126 e. The van der Waals surface area contributed by atoms with E-state index in [1.54, 1.807) is 0 Å². The van der Waals surface area contributed by atoms with Crippen LogP contribution in [0.3, 0.4) is 0 Å². The van der Waals surface area contributed by atoms with Gasteiger partial charge in [-0.25, -0.2) is 8.78 Å². The normalized spacial score (nSPS) is 11.5. The summed E-state index contributed by atoms with van der Waals surface area (Å²) < 4.78 is 34.7. The van der Waals surface area contributed by atoms with Crippen molar-refractivity contribution in [2.24, 2.45) is 0 Å². The van der Waals surface area contributed by atoms with Crippen LogP contribution in [0.25, 0.3) is 111 Å². The maximum absolute atomic E-state index is 15.2.